The standard InChI is InChI=1S/C10H17N3O/c1-8-9(11)4-5-10(13-8)12-6-3-7-14-2/h4-5H,3,6-7,11H2,1-2H3,(H,12,13). The Balaban J connectivity index is 2.39. The number of ether oxygens (including phenoxy) is 1. The van der Waals surface area contributed by atoms with E-state index in [4.69, 9.17) is 10.5 Å². The molecular formula is C10H17N3O. The monoisotopic (exact) mass is 195 g/mol. The molecule has 3 N–H and O–H groups in total. The molecule has 1 heterocycles. The molecule has 4 nitrogen and oxygen atoms in total. The Bertz CT molecular complexity index is 289. The molecule has 0 fully saturated rings. The Kier molecular flexibility index (Phi) is 4.19. The highest BCUT2D eigenvalue weighted by Gasteiger charge is 1.97. The lowest BCUT2D eigenvalue weighted by Gasteiger charge is -2.06. The lowest BCUT2D eigenvalue weighted by atomic mass is 10.3. The van der Waals surface area contributed by atoms with Gasteiger partial charge in [-0.2, -0.15) is 0 Å². The van der Waals surface area contributed by atoms with Gasteiger partial charge in [0.25, 0.3) is 0 Å². The maximum absolute atomic E-state index is 5.65. The number of aryl methyl sites for hydroxylation is 1. The Morgan fingerprint density at radius 2 is 2.29 bits per heavy atom. The van der Waals surface area contributed by atoms with Crippen molar-refractivity contribution >= 4 is 11.5 Å². The zero-order chi connectivity index (χ0) is 10.4. The molecule has 1 rings (SSSR count). The highest BCUT2D eigenvalue weighted by atomic mass is 16.5. The normalized spacial score (nSPS) is 10.1. The van der Waals surface area contributed by atoms with Gasteiger partial charge in [0, 0.05) is 20.3 Å². The van der Waals surface area contributed by atoms with Crippen LogP contribution in [0.5, 0.6) is 0 Å². The number of nitrogens with zero attached hydrogens (tertiary/aromatic N) is 1. The van der Waals surface area contributed by atoms with Crippen molar-refractivity contribution in [2.24, 2.45) is 0 Å². The van der Waals surface area contributed by atoms with Crippen LogP contribution in [-0.2, 0) is 4.74 Å². The van der Waals surface area contributed by atoms with Gasteiger partial charge in [-0.3, -0.25) is 0 Å². The van der Waals surface area contributed by atoms with Crippen molar-refractivity contribution in [1.82, 2.24) is 4.98 Å². The van der Waals surface area contributed by atoms with E-state index in [1.807, 2.05) is 19.1 Å². The molecule has 14 heavy (non-hydrogen) atoms. The zero-order valence-corrected chi connectivity index (χ0v) is 8.71. The van der Waals surface area contributed by atoms with Crippen molar-refractivity contribution in [3.8, 4) is 0 Å². The molecule has 0 radical (unpaired) electrons. The summed E-state index contributed by atoms with van der Waals surface area (Å²) in [5, 5.41) is 3.20. The van der Waals surface area contributed by atoms with Gasteiger partial charge in [0.15, 0.2) is 0 Å². The van der Waals surface area contributed by atoms with E-state index < -0.39 is 0 Å². The lowest BCUT2D eigenvalue weighted by molar-refractivity contribution is 0.198. The second-order valence-electron chi connectivity index (χ2n) is 3.14. The largest absolute Gasteiger partial charge is 0.397 e. The first-order chi connectivity index (χ1) is 6.74. The summed E-state index contributed by atoms with van der Waals surface area (Å²) < 4.78 is 4.94. The number of hydrogen-bond donors (Lipinski definition) is 2. The summed E-state index contributed by atoms with van der Waals surface area (Å²) in [7, 11) is 1.70. The Hall–Kier alpha value is -1.29. The van der Waals surface area contributed by atoms with Crippen molar-refractivity contribution < 1.29 is 4.74 Å². The van der Waals surface area contributed by atoms with E-state index in [2.05, 4.69) is 10.3 Å². The fraction of sp³-hybridized carbons (Fsp3) is 0.500. The summed E-state index contributed by atoms with van der Waals surface area (Å²) >= 11 is 0. The maximum Gasteiger partial charge on any atom is 0.126 e. The van der Waals surface area contributed by atoms with Crippen LogP contribution in [0.2, 0.25) is 0 Å². The fourth-order valence-electron chi connectivity index (χ4n) is 1.10. The van der Waals surface area contributed by atoms with Gasteiger partial charge in [-0.25, -0.2) is 4.98 Å². The van der Waals surface area contributed by atoms with E-state index in [1.165, 1.54) is 0 Å². The van der Waals surface area contributed by atoms with Crippen LogP contribution in [0, 0.1) is 6.92 Å². The number of methoxy groups -OCH3 is 1. The number of pyridine rings is 1. The minimum atomic E-state index is 0.729. The van der Waals surface area contributed by atoms with Gasteiger partial charge >= 0.3 is 0 Å². The molecule has 0 aliphatic carbocycles. The summed E-state index contributed by atoms with van der Waals surface area (Å²) in [5.41, 5.74) is 7.25. The number of aromatic nitrogens is 1. The van der Waals surface area contributed by atoms with Crippen LogP contribution >= 0.6 is 0 Å². The predicted octanol–water partition coefficient (Wildman–Crippen LogP) is 1.42. The van der Waals surface area contributed by atoms with Crippen LogP contribution in [0.15, 0.2) is 12.1 Å². The number of hydrogen-bond acceptors (Lipinski definition) is 4. The second kappa shape index (κ2) is 5.44. The van der Waals surface area contributed by atoms with Crippen LogP contribution in [0.25, 0.3) is 0 Å². The molecule has 78 valence electrons. The Labute approximate surface area is 84.5 Å². The molecule has 0 saturated heterocycles. The third-order valence-corrected chi connectivity index (χ3v) is 1.96. The van der Waals surface area contributed by atoms with Crippen molar-refractivity contribution in [1.29, 1.82) is 0 Å². The molecule has 0 saturated carbocycles. The number of nitrogen functional groups attached to an aromatic ring is 1. The fourth-order valence-corrected chi connectivity index (χ4v) is 1.10. The highest BCUT2D eigenvalue weighted by molar-refractivity contribution is 5.48. The van der Waals surface area contributed by atoms with Gasteiger partial charge in [0.05, 0.1) is 11.4 Å². The van der Waals surface area contributed by atoms with Gasteiger partial charge in [0.2, 0.25) is 0 Å². The van der Waals surface area contributed by atoms with Crippen LogP contribution in [0.3, 0.4) is 0 Å². The van der Waals surface area contributed by atoms with Gasteiger partial charge in [-0.1, -0.05) is 0 Å². The number of nitrogens with one attached hydrogen (secondary N) is 1. The molecule has 0 bridgehead atoms. The minimum absolute atomic E-state index is 0.729. The van der Waals surface area contributed by atoms with E-state index in [9.17, 15) is 0 Å². The van der Waals surface area contributed by atoms with Crippen molar-refractivity contribution in [3.05, 3.63) is 17.8 Å². The second-order valence-corrected chi connectivity index (χ2v) is 3.14. The molecular weight excluding hydrogens is 178 g/mol. The van der Waals surface area contributed by atoms with Gasteiger partial charge < -0.3 is 15.8 Å². The minimum Gasteiger partial charge on any atom is -0.397 e. The molecule has 0 aliphatic rings. The number of rotatable bonds is 5. The Morgan fingerprint density at radius 1 is 1.50 bits per heavy atom. The van der Waals surface area contributed by atoms with Crippen molar-refractivity contribution in [3.63, 3.8) is 0 Å². The summed E-state index contributed by atoms with van der Waals surface area (Å²) in [4.78, 5) is 4.29. The number of anilines is 2. The van der Waals surface area contributed by atoms with Crippen LogP contribution < -0.4 is 11.1 Å². The third-order valence-electron chi connectivity index (χ3n) is 1.96. The van der Waals surface area contributed by atoms with Crippen LogP contribution in [0.4, 0.5) is 11.5 Å². The van der Waals surface area contributed by atoms with Crippen LogP contribution in [-0.4, -0.2) is 25.2 Å². The molecule has 1 aromatic heterocycles. The van der Waals surface area contributed by atoms with Crippen molar-refractivity contribution in [2.45, 2.75) is 13.3 Å². The average molecular weight is 195 g/mol. The van der Waals surface area contributed by atoms with E-state index in [-0.39, 0.29) is 0 Å². The molecule has 1 aromatic rings. The lowest BCUT2D eigenvalue weighted by Crippen LogP contribution is -2.06. The topological polar surface area (TPSA) is 60.2 Å². The smallest absolute Gasteiger partial charge is 0.126 e. The van der Waals surface area contributed by atoms with Crippen molar-refractivity contribution in [2.75, 3.05) is 31.3 Å². The first-order valence-corrected chi connectivity index (χ1v) is 4.70. The summed E-state index contributed by atoms with van der Waals surface area (Å²) in [6.45, 7) is 3.53. The SMILES string of the molecule is COCCCNc1ccc(N)c(C)n1. The molecule has 0 aliphatic heterocycles. The zero-order valence-electron chi connectivity index (χ0n) is 8.71. The predicted molar refractivity (Wildman–Crippen MR) is 58.4 cm³/mol. The molecule has 4 heteroatoms. The van der Waals surface area contributed by atoms with E-state index in [1.54, 1.807) is 7.11 Å². The van der Waals surface area contributed by atoms with E-state index in [0.717, 1.165) is 36.8 Å². The highest BCUT2D eigenvalue weighted by Crippen LogP contribution is 2.11. The summed E-state index contributed by atoms with van der Waals surface area (Å²) in [6, 6.07) is 3.75. The van der Waals surface area contributed by atoms with E-state index >= 15 is 0 Å². The molecule has 0 aromatic carbocycles. The quantitative estimate of drug-likeness (QED) is 0.698. The molecule has 0 amide bonds. The first kappa shape index (κ1) is 10.8. The molecule has 0 spiro atoms. The Morgan fingerprint density at radius 3 is 2.93 bits per heavy atom. The van der Waals surface area contributed by atoms with Gasteiger partial charge in [0.1, 0.15) is 5.82 Å². The van der Waals surface area contributed by atoms with E-state index in [0.29, 0.717) is 0 Å². The summed E-state index contributed by atoms with van der Waals surface area (Å²) in [5.74, 6) is 0.868. The first-order valence-electron chi connectivity index (χ1n) is 4.70. The molecule has 0 unspecified atom stereocenters. The molecule has 0 atom stereocenters. The number of nitrogens with two attached hydrogens (primary N) is 1. The third kappa shape index (κ3) is 3.22. The summed E-state index contributed by atoms with van der Waals surface area (Å²) in [6.07, 6.45) is 0.974. The van der Waals surface area contributed by atoms with Gasteiger partial charge in [-0.15, -0.1) is 0 Å². The van der Waals surface area contributed by atoms with Crippen LogP contribution in [0.1, 0.15) is 12.1 Å². The maximum atomic E-state index is 5.65. The average Bonchev–Trinajstić information content (AvgIpc) is 2.18. The van der Waals surface area contributed by atoms with Gasteiger partial charge in [-0.05, 0) is 25.5 Å².